The van der Waals surface area contributed by atoms with E-state index in [4.69, 9.17) is 4.43 Å². The Kier molecular flexibility index (Phi) is 6.61. The van der Waals surface area contributed by atoms with Gasteiger partial charge < -0.3 is 14.5 Å². The molecule has 23 heavy (non-hydrogen) atoms. The molecule has 0 aromatic carbocycles. The number of carbonyl (C=O) groups is 2. The summed E-state index contributed by atoms with van der Waals surface area (Å²) in [7, 11) is -2.02. The average molecular weight is 342 g/mol. The highest BCUT2D eigenvalue weighted by molar-refractivity contribution is 6.75. The topological polar surface area (TPSA) is 55.4 Å². The van der Waals surface area contributed by atoms with Gasteiger partial charge in [0.25, 0.3) is 0 Å². The van der Waals surface area contributed by atoms with Crippen LogP contribution in [0, 0.1) is 17.8 Å². The van der Waals surface area contributed by atoms with Crippen LogP contribution >= 0.6 is 0 Å². The van der Waals surface area contributed by atoms with Crippen molar-refractivity contribution in [3.05, 3.63) is 0 Å². The van der Waals surface area contributed by atoms with Crippen molar-refractivity contribution in [1.29, 1.82) is 0 Å². The van der Waals surface area contributed by atoms with Crippen LogP contribution in [0.3, 0.4) is 0 Å². The van der Waals surface area contributed by atoms with E-state index in [0.29, 0.717) is 5.92 Å². The molecule has 0 spiro atoms. The quantitative estimate of drug-likeness (QED) is 0.415. The molecule has 0 aromatic rings. The lowest BCUT2D eigenvalue weighted by molar-refractivity contribution is -0.142. The van der Waals surface area contributed by atoms with Crippen LogP contribution in [0.4, 0.5) is 0 Å². The molecule has 0 bridgehead atoms. The van der Waals surface area contributed by atoms with Crippen molar-refractivity contribution in [2.24, 2.45) is 17.8 Å². The van der Waals surface area contributed by atoms with Gasteiger partial charge >= 0.3 is 0 Å². The number of rotatable bonds is 8. The van der Waals surface area contributed by atoms with Crippen molar-refractivity contribution in [3.63, 3.8) is 0 Å². The molecule has 1 aliphatic rings. The van der Waals surface area contributed by atoms with E-state index >= 15 is 0 Å². The summed E-state index contributed by atoms with van der Waals surface area (Å²) in [5.74, 6) is 0.269. The largest absolute Gasteiger partial charge is 0.413 e. The van der Waals surface area contributed by atoms with Gasteiger partial charge in [-0.15, -0.1) is 0 Å². The molecule has 1 aliphatic heterocycles. The first-order valence-electron chi connectivity index (χ1n) is 8.90. The fourth-order valence-electron chi connectivity index (χ4n) is 3.29. The maximum atomic E-state index is 12.0. The van der Waals surface area contributed by atoms with E-state index < -0.39 is 8.32 Å². The first-order valence-corrected chi connectivity index (χ1v) is 11.5. The summed E-state index contributed by atoms with van der Waals surface area (Å²) in [6.45, 7) is 17.4. The first kappa shape index (κ1) is 20.4. The summed E-state index contributed by atoms with van der Waals surface area (Å²) in [4.78, 5) is 23.1. The minimum atomic E-state index is -2.02. The van der Waals surface area contributed by atoms with Crippen molar-refractivity contribution in [1.82, 2.24) is 5.32 Å². The molecular weight excluding hydrogens is 306 g/mol. The highest BCUT2D eigenvalue weighted by Gasteiger charge is 2.50. The van der Waals surface area contributed by atoms with Crippen molar-refractivity contribution in [2.75, 3.05) is 0 Å². The maximum absolute atomic E-state index is 12.0. The predicted molar refractivity (Wildman–Crippen MR) is 96.8 cm³/mol. The number of hydrogen-bond acceptors (Lipinski definition) is 3. The third kappa shape index (κ3) is 4.44. The van der Waals surface area contributed by atoms with Gasteiger partial charge in [-0.05, 0) is 30.5 Å². The molecule has 1 N–H and O–H groups in total. The molecule has 6 atom stereocenters. The van der Waals surface area contributed by atoms with Gasteiger partial charge in [-0.25, -0.2) is 0 Å². The minimum Gasteiger partial charge on any atom is -0.413 e. The van der Waals surface area contributed by atoms with E-state index in [1.807, 2.05) is 13.8 Å². The number of amides is 1. The molecule has 1 fully saturated rings. The standard InChI is InChI=1S/C18H35NO3Si/c1-9-12(2)11-23(8,18(5,6)7)22-14(4)15-16(13(3)10-20)19-17(15)21/h10,12-16H,9,11H2,1-8H3,(H,19,21). The molecule has 4 nitrogen and oxygen atoms in total. The van der Waals surface area contributed by atoms with E-state index in [2.05, 4.69) is 46.5 Å². The Labute approximate surface area is 142 Å². The Hall–Kier alpha value is -0.683. The second-order valence-electron chi connectivity index (χ2n) is 8.58. The molecule has 1 saturated heterocycles. The summed E-state index contributed by atoms with van der Waals surface area (Å²) >= 11 is 0. The third-order valence-electron chi connectivity index (χ3n) is 5.75. The summed E-state index contributed by atoms with van der Waals surface area (Å²) in [5.41, 5.74) is 0. The first-order chi connectivity index (χ1) is 10.5. The van der Waals surface area contributed by atoms with Gasteiger partial charge in [0.1, 0.15) is 6.29 Å². The smallest absolute Gasteiger partial charge is 0.228 e. The van der Waals surface area contributed by atoms with Crippen LogP contribution in [0.15, 0.2) is 0 Å². The van der Waals surface area contributed by atoms with Gasteiger partial charge in [-0.2, -0.15) is 0 Å². The summed E-state index contributed by atoms with van der Waals surface area (Å²) in [6, 6.07) is 1.01. The van der Waals surface area contributed by atoms with Crippen molar-refractivity contribution < 1.29 is 14.0 Å². The molecule has 6 unspecified atom stereocenters. The fraction of sp³-hybridized carbons (Fsp3) is 0.889. The Bertz CT molecular complexity index is 434. The van der Waals surface area contributed by atoms with E-state index in [-0.39, 0.29) is 34.9 Å². The van der Waals surface area contributed by atoms with Crippen LogP contribution < -0.4 is 5.32 Å². The lowest BCUT2D eigenvalue weighted by Gasteiger charge is -2.48. The zero-order chi connectivity index (χ0) is 18.0. The lowest BCUT2D eigenvalue weighted by Crippen LogP contribution is -2.66. The van der Waals surface area contributed by atoms with Gasteiger partial charge in [-0.3, -0.25) is 4.79 Å². The number of β-lactam (4-membered cyclic amide) rings is 1. The maximum Gasteiger partial charge on any atom is 0.228 e. The van der Waals surface area contributed by atoms with Crippen LogP contribution in [0.5, 0.6) is 0 Å². The zero-order valence-corrected chi connectivity index (χ0v) is 17.1. The number of aldehydes is 1. The molecule has 0 saturated carbocycles. The van der Waals surface area contributed by atoms with E-state index in [1.165, 1.54) is 0 Å². The van der Waals surface area contributed by atoms with Gasteiger partial charge in [0, 0.05) is 5.92 Å². The summed E-state index contributed by atoms with van der Waals surface area (Å²) < 4.78 is 6.64. The third-order valence-corrected chi connectivity index (χ3v) is 11.3. The van der Waals surface area contributed by atoms with Gasteiger partial charge in [-0.1, -0.05) is 48.0 Å². The molecule has 0 aromatic heterocycles. The second kappa shape index (κ2) is 7.47. The Morgan fingerprint density at radius 3 is 2.26 bits per heavy atom. The molecule has 5 heteroatoms. The number of carbonyl (C=O) groups excluding carboxylic acids is 2. The number of hydrogen-bond donors (Lipinski definition) is 1. The summed E-state index contributed by atoms with van der Waals surface area (Å²) in [5, 5.41) is 2.97. The molecule has 134 valence electrons. The highest BCUT2D eigenvalue weighted by Crippen LogP contribution is 2.44. The predicted octanol–water partition coefficient (Wildman–Crippen LogP) is 3.76. The van der Waals surface area contributed by atoms with Crippen LogP contribution in [0.25, 0.3) is 0 Å². The van der Waals surface area contributed by atoms with E-state index in [1.54, 1.807) is 0 Å². The minimum absolute atomic E-state index is 0.0185. The molecule has 0 radical (unpaired) electrons. The molecular formula is C18H35NO3Si. The van der Waals surface area contributed by atoms with Crippen LogP contribution in [0.1, 0.15) is 54.9 Å². The van der Waals surface area contributed by atoms with Crippen LogP contribution in [-0.4, -0.2) is 32.7 Å². The molecule has 1 heterocycles. The molecule has 1 rings (SSSR count). The van der Waals surface area contributed by atoms with Gasteiger partial charge in [0.2, 0.25) is 5.91 Å². The normalized spacial score (nSPS) is 28.1. The van der Waals surface area contributed by atoms with Gasteiger partial charge in [0.05, 0.1) is 18.1 Å². The van der Waals surface area contributed by atoms with Crippen molar-refractivity contribution in [3.8, 4) is 0 Å². The monoisotopic (exact) mass is 341 g/mol. The Morgan fingerprint density at radius 2 is 1.87 bits per heavy atom. The fourth-order valence-corrected chi connectivity index (χ4v) is 6.94. The Balaban J connectivity index is 2.90. The SMILES string of the molecule is CCC(C)C[Si](C)(OC(C)C1C(=O)NC1C(C)C=O)C(C)(C)C. The van der Waals surface area contributed by atoms with Crippen molar-refractivity contribution in [2.45, 2.75) is 84.7 Å². The molecule has 1 amide bonds. The number of nitrogens with one attached hydrogen (secondary N) is 1. The zero-order valence-electron chi connectivity index (χ0n) is 16.1. The van der Waals surface area contributed by atoms with Crippen LogP contribution in [-0.2, 0) is 14.0 Å². The molecule has 0 aliphatic carbocycles. The van der Waals surface area contributed by atoms with E-state index in [0.717, 1.165) is 18.8 Å². The highest BCUT2D eigenvalue weighted by atomic mass is 28.4. The lowest BCUT2D eigenvalue weighted by atomic mass is 9.79. The van der Waals surface area contributed by atoms with Gasteiger partial charge in [0.15, 0.2) is 8.32 Å². The van der Waals surface area contributed by atoms with Crippen LogP contribution in [0.2, 0.25) is 17.6 Å². The summed E-state index contributed by atoms with van der Waals surface area (Å²) in [6.07, 6.45) is 1.92. The Morgan fingerprint density at radius 1 is 1.30 bits per heavy atom. The van der Waals surface area contributed by atoms with Crippen molar-refractivity contribution >= 4 is 20.5 Å². The average Bonchev–Trinajstić information content (AvgIpc) is 2.41. The van der Waals surface area contributed by atoms with E-state index in [9.17, 15) is 9.59 Å². The second-order valence-corrected chi connectivity index (χ2v) is 13.2.